The van der Waals surface area contributed by atoms with Gasteiger partial charge in [-0.15, -0.1) is 0 Å². The minimum absolute atomic E-state index is 0.187. The van der Waals surface area contributed by atoms with Gasteiger partial charge in [-0.2, -0.15) is 0 Å². The van der Waals surface area contributed by atoms with Gasteiger partial charge in [0.1, 0.15) is 4.90 Å². The maximum atomic E-state index is 11.7. The molecule has 1 aromatic carbocycles. The molecule has 1 rings (SSSR count). The monoisotopic (exact) mass is 271 g/mol. The molecule has 0 aliphatic heterocycles. The van der Waals surface area contributed by atoms with E-state index in [4.69, 9.17) is 5.73 Å². The molecule has 0 fully saturated rings. The van der Waals surface area contributed by atoms with Gasteiger partial charge in [0.05, 0.1) is 5.69 Å². The number of hydrogen-bond donors (Lipinski definition) is 3. The van der Waals surface area contributed by atoms with Gasteiger partial charge < -0.3 is 11.1 Å². The zero-order valence-electron chi connectivity index (χ0n) is 10.1. The number of anilines is 1. The maximum absolute atomic E-state index is 11.7. The van der Waals surface area contributed by atoms with Crippen molar-refractivity contribution in [3.05, 3.63) is 24.3 Å². The number of rotatable bonds is 7. The summed E-state index contributed by atoms with van der Waals surface area (Å²) in [6.45, 7) is 0.485. The highest BCUT2D eigenvalue weighted by atomic mass is 32.2. The first-order chi connectivity index (χ1) is 8.47. The molecule has 0 atom stereocenters. The first kappa shape index (κ1) is 14.5. The van der Waals surface area contributed by atoms with E-state index in [1.54, 1.807) is 18.2 Å². The van der Waals surface area contributed by atoms with Crippen molar-refractivity contribution in [2.45, 2.75) is 17.7 Å². The number of carbonyl (C=O) groups is 1. The number of carbonyl (C=O) groups excluding carboxylic acids is 1. The molecule has 0 unspecified atom stereocenters. The summed E-state index contributed by atoms with van der Waals surface area (Å²) in [6, 6.07) is 6.58. The van der Waals surface area contributed by atoms with E-state index in [1.165, 1.54) is 13.1 Å². The van der Waals surface area contributed by atoms with Gasteiger partial charge >= 0.3 is 0 Å². The van der Waals surface area contributed by atoms with E-state index in [0.29, 0.717) is 18.7 Å². The molecule has 6 nitrogen and oxygen atoms in total. The summed E-state index contributed by atoms with van der Waals surface area (Å²) in [5.41, 5.74) is 5.53. The molecule has 0 saturated carbocycles. The Hall–Kier alpha value is -1.60. The molecule has 1 amide bonds. The minimum Gasteiger partial charge on any atom is -0.384 e. The summed E-state index contributed by atoms with van der Waals surface area (Å²) in [5.74, 6) is -0.368. The van der Waals surface area contributed by atoms with E-state index in [-0.39, 0.29) is 17.2 Å². The average Bonchev–Trinajstić information content (AvgIpc) is 2.35. The molecule has 100 valence electrons. The Morgan fingerprint density at radius 1 is 1.33 bits per heavy atom. The molecule has 18 heavy (non-hydrogen) atoms. The standard InChI is InChI=1S/C11H17N3O3S/c1-13-18(16,17)10-6-3-2-5-9(10)14-8-4-7-11(12)15/h2-3,5-6,13-14H,4,7-8H2,1H3,(H2,12,15). The van der Waals surface area contributed by atoms with Crippen molar-refractivity contribution >= 4 is 21.6 Å². The molecule has 1 aromatic rings. The van der Waals surface area contributed by atoms with Crippen molar-refractivity contribution in [2.75, 3.05) is 18.9 Å². The summed E-state index contributed by atoms with van der Waals surface area (Å²) in [4.78, 5) is 10.8. The van der Waals surface area contributed by atoms with E-state index in [1.807, 2.05) is 0 Å². The van der Waals surface area contributed by atoms with Gasteiger partial charge in [-0.1, -0.05) is 12.1 Å². The highest BCUT2D eigenvalue weighted by Crippen LogP contribution is 2.20. The zero-order chi connectivity index (χ0) is 13.6. The van der Waals surface area contributed by atoms with Crippen LogP contribution in [0.2, 0.25) is 0 Å². The van der Waals surface area contributed by atoms with E-state index < -0.39 is 10.0 Å². The van der Waals surface area contributed by atoms with Crippen LogP contribution in [0.1, 0.15) is 12.8 Å². The molecule has 0 aliphatic carbocycles. The molecule has 0 spiro atoms. The van der Waals surface area contributed by atoms with E-state index in [2.05, 4.69) is 10.0 Å². The number of primary amides is 1. The van der Waals surface area contributed by atoms with E-state index >= 15 is 0 Å². The molecule has 0 heterocycles. The van der Waals surface area contributed by atoms with Crippen LogP contribution in [0.25, 0.3) is 0 Å². The van der Waals surface area contributed by atoms with Crippen molar-refractivity contribution < 1.29 is 13.2 Å². The Kier molecular flexibility index (Phi) is 5.11. The van der Waals surface area contributed by atoms with Gasteiger partial charge in [-0.05, 0) is 25.6 Å². The Bertz CT molecular complexity index is 514. The third kappa shape index (κ3) is 4.01. The third-order valence-electron chi connectivity index (χ3n) is 2.36. The molecule has 7 heteroatoms. The van der Waals surface area contributed by atoms with Gasteiger partial charge in [-0.3, -0.25) is 4.79 Å². The average molecular weight is 271 g/mol. The Morgan fingerprint density at radius 3 is 2.61 bits per heavy atom. The van der Waals surface area contributed by atoms with Gasteiger partial charge in [-0.25, -0.2) is 13.1 Å². The Labute approximate surface area is 107 Å². The van der Waals surface area contributed by atoms with Crippen molar-refractivity contribution in [1.29, 1.82) is 0 Å². The quantitative estimate of drug-likeness (QED) is 0.620. The van der Waals surface area contributed by atoms with Crippen molar-refractivity contribution in [2.24, 2.45) is 5.73 Å². The van der Waals surface area contributed by atoms with Gasteiger partial charge in [0.25, 0.3) is 0 Å². The number of hydrogen-bond acceptors (Lipinski definition) is 4. The topological polar surface area (TPSA) is 101 Å². The number of nitrogens with two attached hydrogens (primary N) is 1. The van der Waals surface area contributed by atoms with Gasteiger partial charge in [0, 0.05) is 13.0 Å². The second-order valence-electron chi connectivity index (χ2n) is 3.70. The number of amides is 1. The lowest BCUT2D eigenvalue weighted by Gasteiger charge is -2.11. The van der Waals surface area contributed by atoms with Crippen LogP contribution >= 0.6 is 0 Å². The Morgan fingerprint density at radius 2 is 2.00 bits per heavy atom. The molecular formula is C11H17N3O3S. The summed E-state index contributed by atoms with van der Waals surface area (Å²) in [7, 11) is -2.13. The lowest BCUT2D eigenvalue weighted by atomic mass is 10.2. The van der Waals surface area contributed by atoms with Crippen molar-refractivity contribution in [1.82, 2.24) is 4.72 Å². The summed E-state index contributed by atoms with van der Waals surface area (Å²) >= 11 is 0. The SMILES string of the molecule is CNS(=O)(=O)c1ccccc1NCCCC(N)=O. The molecule has 0 saturated heterocycles. The number of nitrogens with one attached hydrogen (secondary N) is 2. The molecule has 0 radical (unpaired) electrons. The van der Waals surface area contributed by atoms with E-state index in [0.717, 1.165) is 0 Å². The van der Waals surface area contributed by atoms with Gasteiger partial charge in [0.2, 0.25) is 15.9 Å². The summed E-state index contributed by atoms with van der Waals surface area (Å²) in [5, 5.41) is 2.98. The fourth-order valence-electron chi connectivity index (χ4n) is 1.44. The predicted octanol–water partition coefficient (Wildman–Crippen LogP) is 0.272. The maximum Gasteiger partial charge on any atom is 0.242 e. The summed E-state index contributed by atoms with van der Waals surface area (Å²) in [6.07, 6.45) is 0.831. The molecule has 4 N–H and O–H groups in total. The summed E-state index contributed by atoms with van der Waals surface area (Å²) < 4.78 is 25.7. The first-order valence-corrected chi connectivity index (χ1v) is 7.00. The van der Waals surface area contributed by atoms with Crippen LogP contribution in [0.4, 0.5) is 5.69 Å². The smallest absolute Gasteiger partial charge is 0.242 e. The van der Waals surface area contributed by atoms with Crippen LogP contribution in [0.15, 0.2) is 29.2 Å². The molecule has 0 aromatic heterocycles. The second-order valence-corrected chi connectivity index (χ2v) is 5.56. The highest BCUT2D eigenvalue weighted by Gasteiger charge is 2.15. The number of sulfonamides is 1. The van der Waals surface area contributed by atoms with Crippen molar-refractivity contribution in [3.8, 4) is 0 Å². The van der Waals surface area contributed by atoms with Crippen LogP contribution in [-0.4, -0.2) is 27.9 Å². The lowest BCUT2D eigenvalue weighted by molar-refractivity contribution is -0.118. The molecular weight excluding hydrogens is 254 g/mol. The molecule has 0 aliphatic rings. The number of benzene rings is 1. The predicted molar refractivity (Wildman–Crippen MR) is 69.6 cm³/mol. The van der Waals surface area contributed by atoms with Crippen LogP contribution in [0, 0.1) is 0 Å². The van der Waals surface area contributed by atoms with Crippen LogP contribution in [0.3, 0.4) is 0 Å². The van der Waals surface area contributed by atoms with E-state index in [9.17, 15) is 13.2 Å². The highest BCUT2D eigenvalue weighted by molar-refractivity contribution is 7.89. The van der Waals surface area contributed by atoms with Crippen LogP contribution in [-0.2, 0) is 14.8 Å². The fraction of sp³-hybridized carbons (Fsp3) is 0.364. The van der Waals surface area contributed by atoms with Crippen LogP contribution < -0.4 is 15.8 Å². The first-order valence-electron chi connectivity index (χ1n) is 5.52. The van der Waals surface area contributed by atoms with Crippen molar-refractivity contribution in [3.63, 3.8) is 0 Å². The zero-order valence-corrected chi connectivity index (χ0v) is 11.0. The lowest BCUT2D eigenvalue weighted by Crippen LogP contribution is -2.20. The van der Waals surface area contributed by atoms with Crippen LogP contribution in [0.5, 0.6) is 0 Å². The largest absolute Gasteiger partial charge is 0.384 e. The number of para-hydroxylation sites is 1. The molecule has 0 bridgehead atoms. The second kappa shape index (κ2) is 6.36. The Balaban J connectivity index is 2.75. The third-order valence-corrected chi connectivity index (χ3v) is 3.83. The normalized spacial score (nSPS) is 11.2. The van der Waals surface area contributed by atoms with Gasteiger partial charge in [0.15, 0.2) is 0 Å². The fourth-order valence-corrected chi connectivity index (χ4v) is 2.35. The minimum atomic E-state index is -3.49.